The van der Waals surface area contributed by atoms with Gasteiger partial charge in [0, 0.05) is 5.56 Å². The smallest absolute Gasteiger partial charge is 0.130 e. The lowest BCUT2D eigenvalue weighted by molar-refractivity contribution is 0.201. The van der Waals surface area contributed by atoms with Gasteiger partial charge in [-0.15, -0.1) is 0 Å². The van der Waals surface area contributed by atoms with Crippen LogP contribution in [0.25, 0.3) is 11.1 Å². The third kappa shape index (κ3) is 4.03. The van der Waals surface area contributed by atoms with Gasteiger partial charge in [0.25, 0.3) is 0 Å². The Morgan fingerprint density at radius 2 is 1.42 bits per heavy atom. The van der Waals surface area contributed by atoms with Gasteiger partial charge in [-0.05, 0) is 29.5 Å². The van der Waals surface area contributed by atoms with Crippen LogP contribution in [0.2, 0.25) is 0 Å². The molecule has 0 fully saturated rings. The first kappa shape index (κ1) is 16.3. The minimum atomic E-state index is 0.0151. The van der Waals surface area contributed by atoms with E-state index in [2.05, 4.69) is 54.6 Å². The van der Waals surface area contributed by atoms with E-state index in [4.69, 9.17) is 9.84 Å². The molecule has 0 unspecified atom stereocenters. The monoisotopic (exact) mass is 318 g/mol. The summed E-state index contributed by atoms with van der Waals surface area (Å²) in [5.41, 5.74) is 4.70. The molecule has 0 bridgehead atoms. The van der Waals surface area contributed by atoms with Gasteiger partial charge in [0.15, 0.2) is 0 Å². The summed E-state index contributed by atoms with van der Waals surface area (Å²) < 4.78 is 5.91. The Kier molecular flexibility index (Phi) is 5.65. The number of para-hydroxylation sites is 1. The molecule has 0 saturated heterocycles. The van der Waals surface area contributed by atoms with E-state index in [1.807, 2.05) is 24.3 Å². The highest BCUT2D eigenvalue weighted by Gasteiger charge is 2.11. The first-order valence-corrected chi connectivity index (χ1v) is 8.33. The average molecular weight is 318 g/mol. The Morgan fingerprint density at radius 3 is 2.12 bits per heavy atom. The van der Waals surface area contributed by atoms with E-state index in [0.29, 0.717) is 6.61 Å². The second-order valence-electron chi connectivity index (χ2n) is 5.72. The number of hydrogen-bond acceptors (Lipinski definition) is 2. The summed E-state index contributed by atoms with van der Waals surface area (Å²) in [5, 5.41) is 9.16. The highest BCUT2D eigenvalue weighted by atomic mass is 16.5. The second kappa shape index (κ2) is 8.32. The van der Waals surface area contributed by atoms with Gasteiger partial charge < -0.3 is 9.84 Å². The van der Waals surface area contributed by atoms with Crippen molar-refractivity contribution in [2.75, 3.05) is 13.2 Å². The molecule has 2 nitrogen and oxygen atoms in total. The molecular weight excluding hydrogens is 296 g/mol. The van der Waals surface area contributed by atoms with Gasteiger partial charge in [-0.25, -0.2) is 0 Å². The molecule has 0 amide bonds. The van der Waals surface area contributed by atoms with E-state index in [9.17, 15) is 0 Å². The topological polar surface area (TPSA) is 29.5 Å². The van der Waals surface area contributed by atoms with E-state index in [0.717, 1.165) is 29.7 Å². The summed E-state index contributed by atoms with van der Waals surface area (Å²) >= 11 is 0. The molecule has 0 aliphatic carbocycles. The molecule has 1 N–H and O–H groups in total. The van der Waals surface area contributed by atoms with Gasteiger partial charge >= 0.3 is 0 Å². The minimum Gasteiger partial charge on any atom is -0.490 e. The van der Waals surface area contributed by atoms with Crippen LogP contribution in [-0.2, 0) is 12.8 Å². The van der Waals surface area contributed by atoms with Crippen LogP contribution < -0.4 is 4.74 Å². The fraction of sp³-hybridized carbons (Fsp3) is 0.182. The maximum atomic E-state index is 9.16. The van der Waals surface area contributed by atoms with Gasteiger partial charge in [0.2, 0.25) is 0 Å². The molecule has 3 rings (SSSR count). The highest BCUT2D eigenvalue weighted by Crippen LogP contribution is 2.34. The Bertz CT molecular complexity index is 751. The lowest BCUT2D eigenvalue weighted by atomic mass is 9.97. The average Bonchev–Trinajstić information content (AvgIpc) is 2.66. The zero-order valence-corrected chi connectivity index (χ0v) is 13.7. The van der Waals surface area contributed by atoms with E-state index in [1.54, 1.807) is 0 Å². The minimum absolute atomic E-state index is 0.0151. The summed E-state index contributed by atoms with van der Waals surface area (Å²) in [6.07, 6.45) is 1.88. The Morgan fingerprint density at radius 1 is 0.708 bits per heavy atom. The summed E-state index contributed by atoms with van der Waals surface area (Å²) in [5.74, 6) is 0.883. The van der Waals surface area contributed by atoms with Gasteiger partial charge in [0.1, 0.15) is 12.4 Å². The molecule has 3 aromatic carbocycles. The van der Waals surface area contributed by atoms with Crippen LogP contribution in [0.15, 0.2) is 78.9 Å². The number of rotatable bonds is 7. The van der Waals surface area contributed by atoms with E-state index >= 15 is 0 Å². The normalized spacial score (nSPS) is 10.5. The largest absolute Gasteiger partial charge is 0.490 e. The number of aliphatic hydroxyl groups is 1. The quantitative estimate of drug-likeness (QED) is 0.694. The molecule has 0 saturated carbocycles. The third-order valence-electron chi connectivity index (χ3n) is 4.04. The van der Waals surface area contributed by atoms with Crippen molar-refractivity contribution in [2.45, 2.75) is 12.8 Å². The Hall–Kier alpha value is -2.58. The SMILES string of the molecule is OCCOc1c(CCc2ccccc2)cccc1-c1ccccc1. The van der Waals surface area contributed by atoms with Crippen LogP contribution in [0, 0.1) is 0 Å². The number of hydrogen-bond donors (Lipinski definition) is 1. The number of aryl methyl sites for hydroxylation is 2. The first-order valence-electron chi connectivity index (χ1n) is 8.33. The number of aliphatic hydroxyl groups excluding tert-OH is 1. The Balaban J connectivity index is 1.90. The van der Waals surface area contributed by atoms with Crippen LogP contribution in [-0.4, -0.2) is 18.3 Å². The molecule has 24 heavy (non-hydrogen) atoms. The standard InChI is InChI=1S/C22H22O2/c23-16-17-24-22-20(15-14-18-8-3-1-4-9-18)12-7-13-21(22)19-10-5-2-6-11-19/h1-13,23H,14-17H2. The third-order valence-corrected chi connectivity index (χ3v) is 4.04. The van der Waals surface area contributed by atoms with Gasteiger partial charge in [0.05, 0.1) is 6.61 Å². The fourth-order valence-electron chi connectivity index (χ4n) is 2.87. The summed E-state index contributed by atoms with van der Waals surface area (Å²) in [6, 6.07) is 27.0. The van der Waals surface area contributed by atoms with Gasteiger partial charge in [-0.3, -0.25) is 0 Å². The van der Waals surface area contributed by atoms with Crippen LogP contribution >= 0.6 is 0 Å². The van der Waals surface area contributed by atoms with E-state index < -0.39 is 0 Å². The van der Waals surface area contributed by atoms with Crippen LogP contribution in [0.4, 0.5) is 0 Å². The summed E-state index contributed by atoms with van der Waals surface area (Å²) in [6.45, 7) is 0.323. The van der Waals surface area contributed by atoms with Crippen LogP contribution in [0.5, 0.6) is 5.75 Å². The van der Waals surface area contributed by atoms with Crippen molar-refractivity contribution in [3.63, 3.8) is 0 Å². The van der Waals surface area contributed by atoms with Gasteiger partial charge in [-0.1, -0.05) is 78.9 Å². The Labute approximate surface area is 143 Å². The molecule has 3 aromatic rings. The van der Waals surface area contributed by atoms with Crippen molar-refractivity contribution in [3.05, 3.63) is 90.0 Å². The molecule has 2 heteroatoms. The molecule has 0 spiro atoms. The van der Waals surface area contributed by atoms with Crippen molar-refractivity contribution in [3.8, 4) is 16.9 Å². The molecule has 0 heterocycles. The molecule has 0 radical (unpaired) electrons. The second-order valence-corrected chi connectivity index (χ2v) is 5.72. The molecule has 0 atom stereocenters. The molecule has 0 aromatic heterocycles. The number of benzene rings is 3. The fourth-order valence-corrected chi connectivity index (χ4v) is 2.87. The molecule has 0 aliphatic rings. The first-order chi connectivity index (χ1) is 11.9. The van der Waals surface area contributed by atoms with Crippen molar-refractivity contribution in [1.29, 1.82) is 0 Å². The van der Waals surface area contributed by atoms with Crippen molar-refractivity contribution >= 4 is 0 Å². The predicted molar refractivity (Wildman–Crippen MR) is 98.3 cm³/mol. The predicted octanol–water partition coefficient (Wildman–Crippen LogP) is 4.51. The van der Waals surface area contributed by atoms with Crippen molar-refractivity contribution < 1.29 is 9.84 Å². The maximum Gasteiger partial charge on any atom is 0.130 e. The zero-order valence-electron chi connectivity index (χ0n) is 13.7. The van der Waals surface area contributed by atoms with E-state index in [-0.39, 0.29) is 6.61 Å². The zero-order chi connectivity index (χ0) is 16.6. The van der Waals surface area contributed by atoms with E-state index in [1.165, 1.54) is 11.1 Å². The van der Waals surface area contributed by atoms with Crippen molar-refractivity contribution in [1.82, 2.24) is 0 Å². The molecule has 122 valence electrons. The molecular formula is C22H22O2. The molecule has 0 aliphatic heterocycles. The lowest BCUT2D eigenvalue weighted by Crippen LogP contribution is -2.06. The number of ether oxygens (including phenoxy) is 1. The van der Waals surface area contributed by atoms with Gasteiger partial charge in [-0.2, -0.15) is 0 Å². The van der Waals surface area contributed by atoms with Crippen LogP contribution in [0.3, 0.4) is 0 Å². The highest BCUT2D eigenvalue weighted by molar-refractivity contribution is 5.72. The summed E-state index contributed by atoms with van der Waals surface area (Å²) in [4.78, 5) is 0. The maximum absolute atomic E-state index is 9.16. The summed E-state index contributed by atoms with van der Waals surface area (Å²) in [7, 11) is 0. The van der Waals surface area contributed by atoms with Crippen molar-refractivity contribution in [2.24, 2.45) is 0 Å². The van der Waals surface area contributed by atoms with Crippen LogP contribution in [0.1, 0.15) is 11.1 Å². The lowest BCUT2D eigenvalue weighted by Gasteiger charge is -2.16.